The molecule has 2 heterocycles. The van der Waals surface area contributed by atoms with Gasteiger partial charge in [0.2, 0.25) is 11.8 Å². The summed E-state index contributed by atoms with van der Waals surface area (Å²) in [6, 6.07) is 6.15. The van der Waals surface area contributed by atoms with E-state index in [0.717, 1.165) is 34.8 Å². The van der Waals surface area contributed by atoms with Crippen molar-refractivity contribution in [2.75, 3.05) is 16.8 Å². The molecule has 0 radical (unpaired) electrons. The van der Waals surface area contributed by atoms with Crippen molar-refractivity contribution in [3.8, 4) is 11.3 Å². The first kappa shape index (κ1) is 17.6. The fraction of sp³-hybridized carbons (Fsp3) is 0.421. The normalized spacial score (nSPS) is 13.2. The summed E-state index contributed by atoms with van der Waals surface area (Å²) in [7, 11) is 0. The monoisotopic (exact) mass is 357 g/mol. The predicted octanol–water partition coefficient (Wildman–Crippen LogP) is 4.01. The Balaban J connectivity index is 1.89. The number of benzene rings is 1. The van der Waals surface area contributed by atoms with Crippen molar-refractivity contribution in [2.24, 2.45) is 5.92 Å². The Morgan fingerprint density at radius 1 is 1.36 bits per heavy atom. The highest BCUT2D eigenvalue weighted by Gasteiger charge is 2.26. The van der Waals surface area contributed by atoms with Crippen LogP contribution < -0.4 is 10.2 Å². The second-order valence-corrected chi connectivity index (χ2v) is 7.77. The second kappa shape index (κ2) is 6.96. The Morgan fingerprint density at radius 3 is 2.80 bits per heavy atom. The van der Waals surface area contributed by atoms with Gasteiger partial charge >= 0.3 is 0 Å². The molecule has 1 aliphatic rings. The number of nitrogens with zero attached hydrogens (tertiary/aromatic N) is 2. The average Bonchev–Trinajstić information content (AvgIpc) is 3.16. The van der Waals surface area contributed by atoms with Crippen molar-refractivity contribution in [3.05, 3.63) is 28.6 Å². The number of anilines is 2. The fourth-order valence-electron chi connectivity index (χ4n) is 3.02. The first-order valence-corrected chi connectivity index (χ1v) is 9.44. The molecule has 1 aromatic heterocycles. The lowest BCUT2D eigenvalue weighted by atomic mass is 10.1. The Morgan fingerprint density at radius 2 is 2.12 bits per heavy atom. The third-order valence-corrected chi connectivity index (χ3v) is 5.26. The number of nitrogens with one attached hydrogen (secondary N) is 1. The molecule has 132 valence electrons. The van der Waals surface area contributed by atoms with Crippen LogP contribution in [0, 0.1) is 12.8 Å². The first-order valence-electron chi connectivity index (χ1n) is 8.62. The van der Waals surface area contributed by atoms with E-state index >= 15 is 0 Å². The van der Waals surface area contributed by atoms with E-state index in [4.69, 9.17) is 0 Å². The quantitative estimate of drug-likeness (QED) is 0.899. The molecular weight excluding hydrogens is 334 g/mol. The van der Waals surface area contributed by atoms with E-state index in [-0.39, 0.29) is 17.7 Å². The van der Waals surface area contributed by atoms with Crippen LogP contribution in [0.4, 0.5) is 10.8 Å². The molecule has 1 N–H and O–H groups in total. The lowest BCUT2D eigenvalue weighted by Crippen LogP contribution is -2.32. The summed E-state index contributed by atoms with van der Waals surface area (Å²) in [6.07, 6.45) is 1.30. The largest absolute Gasteiger partial charge is 0.312 e. The number of hydrogen-bond acceptors (Lipinski definition) is 4. The van der Waals surface area contributed by atoms with Gasteiger partial charge in [0, 0.05) is 35.0 Å². The number of rotatable bonds is 4. The highest BCUT2D eigenvalue weighted by atomic mass is 32.1. The number of hydrogen-bond donors (Lipinski definition) is 1. The topological polar surface area (TPSA) is 62.3 Å². The maximum absolute atomic E-state index is 12.3. The van der Waals surface area contributed by atoms with Gasteiger partial charge in [-0.1, -0.05) is 26.8 Å². The zero-order valence-electron chi connectivity index (χ0n) is 15.0. The van der Waals surface area contributed by atoms with Crippen molar-refractivity contribution >= 4 is 34.0 Å². The van der Waals surface area contributed by atoms with Gasteiger partial charge in [-0.15, -0.1) is 11.3 Å². The lowest BCUT2D eigenvalue weighted by molar-refractivity contribution is -0.121. The third kappa shape index (κ3) is 3.44. The lowest BCUT2D eigenvalue weighted by Gasteiger charge is -2.19. The van der Waals surface area contributed by atoms with Gasteiger partial charge in [0.05, 0.1) is 5.69 Å². The molecule has 0 atom stereocenters. The van der Waals surface area contributed by atoms with Crippen LogP contribution in [0.15, 0.2) is 18.2 Å². The molecule has 0 aliphatic carbocycles. The number of carbonyl (C=O) groups excluding carboxylic acids is 2. The molecule has 2 amide bonds. The van der Waals surface area contributed by atoms with Crippen LogP contribution in [0.1, 0.15) is 37.6 Å². The van der Waals surface area contributed by atoms with Gasteiger partial charge in [-0.2, -0.15) is 0 Å². The SMILES string of the molecule is CCC(=O)Nc1nc(-c2ccc3c(c2)CCN3C(=O)C(C)C)c(C)s1. The van der Waals surface area contributed by atoms with E-state index in [1.165, 1.54) is 16.9 Å². The smallest absolute Gasteiger partial charge is 0.229 e. The van der Waals surface area contributed by atoms with Crippen molar-refractivity contribution in [1.82, 2.24) is 4.98 Å². The molecule has 0 spiro atoms. The molecule has 3 rings (SSSR count). The summed E-state index contributed by atoms with van der Waals surface area (Å²) in [5.74, 6) is 0.133. The van der Waals surface area contributed by atoms with Gasteiger partial charge in [-0.05, 0) is 31.0 Å². The number of carbonyl (C=O) groups is 2. The van der Waals surface area contributed by atoms with Crippen molar-refractivity contribution in [1.29, 1.82) is 0 Å². The van der Waals surface area contributed by atoms with Crippen molar-refractivity contribution < 1.29 is 9.59 Å². The van der Waals surface area contributed by atoms with Crippen LogP contribution in [-0.4, -0.2) is 23.3 Å². The average molecular weight is 357 g/mol. The minimum absolute atomic E-state index is 0.00357. The standard InChI is InChI=1S/C19H23N3O2S/c1-5-16(23)20-19-21-17(12(4)25-19)14-6-7-15-13(10-14)8-9-22(15)18(24)11(2)3/h6-7,10-11H,5,8-9H2,1-4H3,(H,20,21,23). The Kier molecular flexibility index (Phi) is 4.90. The van der Waals surface area contributed by atoms with E-state index in [0.29, 0.717) is 11.6 Å². The first-order chi connectivity index (χ1) is 11.9. The minimum Gasteiger partial charge on any atom is -0.312 e. The molecule has 0 saturated carbocycles. The molecule has 1 aliphatic heterocycles. The summed E-state index contributed by atoms with van der Waals surface area (Å²) in [4.78, 5) is 31.4. The van der Waals surface area contributed by atoms with Crippen LogP contribution in [-0.2, 0) is 16.0 Å². The number of amides is 2. The molecule has 0 unspecified atom stereocenters. The summed E-state index contributed by atoms with van der Waals surface area (Å²) >= 11 is 1.49. The van der Waals surface area contributed by atoms with Gasteiger partial charge in [-0.25, -0.2) is 4.98 Å². The maximum Gasteiger partial charge on any atom is 0.229 e. The van der Waals surface area contributed by atoms with Crippen LogP contribution >= 0.6 is 11.3 Å². The molecule has 0 fully saturated rings. The van der Waals surface area contributed by atoms with Crippen molar-refractivity contribution in [3.63, 3.8) is 0 Å². The molecule has 1 aromatic carbocycles. The fourth-order valence-corrected chi connectivity index (χ4v) is 3.87. The second-order valence-electron chi connectivity index (χ2n) is 6.56. The molecule has 0 saturated heterocycles. The van der Waals surface area contributed by atoms with Gasteiger partial charge in [-0.3, -0.25) is 9.59 Å². The maximum atomic E-state index is 12.3. The Bertz CT molecular complexity index is 826. The Hall–Kier alpha value is -2.21. The van der Waals surface area contributed by atoms with Crippen LogP contribution in [0.5, 0.6) is 0 Å². The van der Waals surface area contributed by atoms with Gasteiger partial charge < -0.3 is 10.2 Å². The Labute approximate surface area is 152 Å². The molecule has 2 aromatic rings. The van der Waals surface area contributed by atoms with E-state index in [1.54, 1.807) is 0 Å². The third-order valence-electron chi connectivity index (χ3n) is 4.37. The number of aryl methyl sites for hydroxylation is 1. The van der Waals surface area contributed by atoms with Crippen LogP contribution in [0.25, 0.3) is 11.3 Å². The van der Waals surface area contributed by atoms with E-state index in [2.05, 4.69) is 16.4 Å². The zero-order valence-corrected chi connectivity index (χ0v) is 15.9. The van der Waals surface area contributed by atoms with Crippen LogP contribution in [0.3, 0.4) is 0 Å². The number of thiazole rings is 1. The molecule has 0 bridgehead atoms. The van der Waals surface area contributed by atoms with Crippen LogP contribution in [0.2, 0.25) is 0 Å². The summed E-state index contributed by atoms with van der Waals surface area (Å²) in [5.41, 5.74) is 4.11. The number of fused-ring (bicyclic) bond motifs is 1. The van der Waals surface area contributed by atoms with E-state index < -0.39 is 0 Å². The van der Waals surface area contributed by atoms with Crippen molar-refractivity contribution in [2.45, 2.75) is 40.5 Å². The summed E-state index contributed by atoms with van der Waals surface area (Å²) < 4.78 is 0. The zero-order chi connectivity index (χ0) is 18.1. The molecule has 6 heteroatoms. The van der Waals surface area contributed by atoms with E-state index in [1.807, 2.05) is 44.7 Å². The highest BCUT2D eigenvalue weighted by molar-refractivity contribution is 7.16. The molecule has 25 heavy (non-hydrogen) atoms. The highest BCUT2D eigenvalue weighted by Crippen LogP contribution is 2.36. The van der Waals surface area contributed by atoms with E-state index in [9.17, 15) is 9.59 Å². The van der Waals surface area contributed by atoms with Gasteiger partial charge in [0.15, 0.2) is 5.13 Å². The molecular formula is C19H23N3O2S. The summed E-state index contributed by atoms with van der Waals surface area (Å²) in [6.45, 7) is 8.43. The number of aromatic nitrogens is 1. The predicted molar refractivity (Wildman–Crippen MR) is 102 cm³/mol. The summed E-state index contributed by atoms with van der Waals surface area (Å²) in [5, 5.41) is 3.46. The van der Waals surface area contributed by atoms with Gasteiger partial charge in [0.25, 0.3) is 0 Å². The van der Waals surface area contributed by atoms with Gasteiger partial charge in [0.1, 0.15) is 0 Å². The molecule has 5 nitrogen and oxygen atoms in total. The minimum atomic E-state index is -0.0305.